The number of nitrogens with one attached hydrogen (secondary N) is 1. The van der Waals surface area contributed by atoms with E-state index in [0.717, 1.165) is 43.2 Å². The first-order valence-electron chi connectivity index (χ1n) is 8.57. The molecule has 0 bridgehead atoms. The van der Waals surface area contributed by atoms with Crippen molar-refractivity contribution in [3.63, 3.8) is 0 Å². The Balaban J connectivity index is 1.50. The lowest BCUT2D eigenvalue weighted by atomic mass is 10.0. The van der Waals surface area contributed by atoms with Crippen LogP contribution in [-0.2, 0) is 4.74 Å². The predicted molar refractivity (Wildman–Crippen MR) is 94.5 cm³/mol. The summed E-state index contributed by atoms with van der Waals surface area (Å²) in [5.41, 5.74) is 2.77. The van der Waals surface area contributed by atoms with E-state index >= 15 is 0 Å². The van der Waals surface area contributed by atoms with Crippen molar-refractivity contribution < 1.29 is 19.5 Å². The first kappa shape index (κ1) is 17.4. The maximum Gasteiger partial charge on any atom is 0.137 e. The summed E-state index contributed by atoms with van der Waals surface area (Å²) in [6.45, 7) is 4.39. The highest BCUT2D eigenvalue weighted by Crippen LogP contribution is 2.22. The van der Waals surface area contributed by atoms with Gasteiger partial charge in [0.15, 0.2) is 0 Å². The van der Waals surface area contributed by atoms with Crippen LogP contribution >= 0.6 is 0 Å². The molecular weight excluding hydrogens is 316 g/mol. The molecule has 1 heterocycles. The van der Waals surface area contributed by atoms with Crippen LogP contribution in [0.2, 0.25) is 0 Å². The minimum Gasteiger partial charge on any atom is -0.491 e. The second-order valence-corrected chi connectivity index (χ2v) is 6.24. The summed E-state index contributed by atoms with van der Waals surface area (Å²) in [6.07, 6.45) is -0.480. The number of benzene rings is 2. The van der Waals surface area contributed by atoms with E-state index in [-0.39, 0.29) is 0 Å². The van der Waals surface area contributed by atoms with Crippen molar-refractivity contribution in [2.75, 3.05) is 39.5 Å². The lowest BCUT2D eigenvalue weighted by Crippen LogP contribution is -3.15. The maximum absolute atomic E-state index is 10.1. The highest BCUT2D eigenvalue weighted by molar-refractivity contribution is 5.64. The van der Waals surface area contributed by atoms with Crippen LogP contribution in [0.4, 0.5) is 0 Å². The van der Waals surface area contributed by atoms with Gasteiger partial charge < -0.3 is 19.5 Å². The molecule has 1 aliphatic rings. The molecule has 130 valence electrons. The van der Waals surface area contributed by atoms with Crippen molar-refractivity contribution >= 4 is 0 Å². The minimum absolute atomic E-state index is 0.292. The van der Waals surface area contributed by atoms with E-state index in [1.165, 1.54) is 4.90 Å². The molecule has 0 aliphatic carbocycles. The van der Waals surface area contributed by atoms with E-state index in [2.05, 4.69) is 6.07 Å². The van der Waals surface area contributed by atoms with Crippen LogP contribution in [-0.4, -0.2) is 50.7 Å². The Hall–Kier alpha value is -2.39. The van der Waals surface area contributed by atoms with E-state index in [4.69, 9.17) is 14.7 Å². The third kappa shape index (κ3) is 5.04. The molecule has 1 fully saturated rings. The van der Waals surface area contributed by atoms with Gasteiger partial charge in [0.25, 0.3) is 0 Å². The fraction of sp³-hybridized carbons (Fsp3) is 0.350. The summed E-state index contributed by atoms with van der Waals surface area (Å²) in [6, 6.07) is 17.4. The molecule has 0 unspecified atom stereocenters. The van der Waals surface area contributed by atoms with Crippen LogP contribution in [0.1, 0.15) is 5.56 Å². The van der Waals surface area contributed by atoms with E-state index in [1.807, 2.05) is 48.5 Å². The largest absolute Gasteiger partial charge is 0.491 e. The number of morpholine rings is 1. The molecule has 1 atom stereocenters. The van der Waals surface area contributed by atoms with Crippen LogP contribution in [0.15, 0.2) is 48.5 Å². The van der Waals surface area contributed by atoms with Crippen molar-refractivity contribution in [1.82, 2.24) is 0 Å². The maximum atomic E-state index is 10.1. The number of hydrogen-bond donors (Lipinski definition) is 2. The van der Waals surface area contributed by atoms with E-state index in [1.54, 1.807) is 0 Å². The molecule has 0 amide bonds. The second kappa shape index (κ2) is 8.63. The van der Waals surface area contributed by atoms with Gasteiger partial charge in [0.05, 0.1) is 24.8 Å². The number of rotatable bonds is 6. The Labute approximate surface area is 148 Å². The first-order chi connectivity index (χ1) is 12.2. The lowest BCUT2D eigenvalue weighted by molar-refractivity contribution is -0.911. The number of ether oxygens (including phenoxy) is 2. The van der Waals surface area contributed by atoms with Crippen LogP contribution < -0.4 is 9.64 Å². The Morgan fingerprint density at radius 3 is 2.24 bits per heavy atom. The fourth-order valence-electron chi connectivity index (χ4n) is 2.93. The Morgan fingerprint density at radius 2 is 1.64 bits per heavy atom. The van der Waals surface area contributed by atoms with Crippen molar-refractivity contribution in [3.05, 3.63) is 54.1 Å². The molecule has 2 aromatic carbocycles. The minimum atomic E-state index is -0.480. The van der Waals surface area contributed by atoms with Gasteiger partial charge in [-0.2, -0.15) is 5.26 Å². The third-order valence-electron chi connectivity index (χ3n) is 4.37. The molecule has 0 spiro atoms. The molecule has 5 heteroatoms. The van der Waals surface area contributed by atoms with Gasteiger partial charge in [-0.3, -0.25) is 0 Å². The molecule has 3 rings (SSSR count). The second-order valence-electron chi connectivity index (χ2n) is 6.24. The number of nitriles is 1. The molecular formula is C20H23N2O3+. The van der Waals surface area contributed by atoms with Gasteiger partial charge >= 0.3 is 0 Å². The third-order valence-corrected chi connectivity index (χ3v) is 4.37. The number of nitrogens with zero attached hydrogens (tertiary/aromatic N) is 1. The van der Waals surface area contributed by atoms with Crippen molar-refractivity contribution in [1.29, 1.82) is 5.26 Å². The molecule has 5 nitrogen and oxygen atoms in total. The lowest BCUT2D eigenvalue weighted by Gasteiger charge is -2.25. The zero-order valence-corrected chi connectivity index (χ0v) is 14.1. The summed E-state index contributed by atoms with van der Waals surface area (Å²) in [4.78, 5) is 1.36. The molecule has 0 aromatic heterocycles. The molecule has 0 saturated carbocycles. The van der Waals surface area contributed by atoms with Gasteiger partial charge in [-0.25, -0.2) is 0 Å². The summed E-state index contributed by atoms with van der Waals surface area (Å²) < 4.78 is 11.0. The average Bonchev–Trinajstić information content (AvgIpc) is 2.68. The summed E-state index contributed by atoms with van der Waals surface area (Å²) in [5.74, 6) is 0.744. The Morgan fingerprint density at radius 1 is 1.04 bits per heavy atom. The molecule has 1 saturated heterocycles. The van der Waals surface area contributed by atoms with E-state index in [9.17, 15) is 5.11 Å². The smallest absolute Gasteiger partial charge is 0.137 e. The van der Waals surface area contributed by atoms with Crippen LogP contribution in [0.3, 0.4) is 0 Å². The Bertz CT molecular complexity index is 701. The van der Waals surface area contributed by atoms with Crippen LogP contribution in [0.5, 0.6) is 5.75 Å². The highest BCUT2D eigenvalue weighted by Gasteiger charge is 2.18. The predicted octanol–water partition coefficient (Wildman–Crippen LogP) is 0.880. The summed E-state index contributed by atoms with van der Waals surface area (Å²) in [5, 5.41) is 19.0. The highest BCUT2D eigenvalue weighted by atomic mass is 16.5. The fourth-order valence-corrected chi connectivity index (χ4v) is 2.93. The van der Waals surface area contributed by atoms with Gasteiger partial charge in [0.2, 0.25) is 0 Å². The van der Waals surface area contributed by atoms with Gasteiger partial charge in [0, 0.05) is 0 Å². The van der Waals surface area contributed by atoms with Crippen LogP contribution in [0, 0.1) is 11.3 Å². The average molecular weight is 339 g/mol. The van der Waals surface area contributed by atoms with Gasteiger partial charge in [-0.15, -0.1) is 0 Å². The zero-order chi connectivity index (χ0) is 17.5. The number of aliphatic hydroxyl groups excluding tert-OH is 1. The van der Waals surface area contributed by atoms with E-state index < -0.39 is 6.10 Å². The monoisotopic (exact) mass is 339 g/mol. The molecule has 2 aromatic rings. The van der Waals surface area contributed by atoms with Gasteiger partial charge in [0.1, 0.15) is 38.1 Å². The van der Waals surface area contributed by atoms with Gasteiger partial charge in [-0.05, 0) is 35.4 Å². The SMILES string of the molecule is N#Cc1ccc(-c2ccc(OC[C@H](O)C[NH+]3CCOCC3)cc2)cc1. The first-order valence-corrected chi connectivity index (χ1v) is 8.57. The summed E-state index contributed by atoms with van der Waals surface area (Å²) in [7, 11) is 0. The molecule has 0 radical (unpaired) electrons. The van der Waals surface area contributed by atoms with Crippen LogP contribution in [0.25, 0.3) is 11.1 Å². The number of hydrogen-bond acceptors (Lipinski definition) is 4. The number of quaternary nitrogens is 1. The number of aliphatic hydroxyl groups is 1. The molecule has 2 N–H and O–H groups in total. The topological polar surface area (TPSA) is 66.9 Å². The quantitative estimate of drug-likeness (QED) is 0.820. The van der Waals surface area contributed by atoms with Gasteiger partial charge in [-0.1, -0.05) is 24.3 Å². The van der Waals surface area contributed by atoms with Crippen molar-refractivity contribution in [3.8, 4) is 22.9 Å². The summed E-state index contributed by atoms with van der Waals surface area (Å²) >= 11 is 0. The molecule has 1 aliphatic heterocycles. The van der Waals surface area contributed by atoms with Crippen molar-refractivity contribution in [2.24, 2.45) is 0 Å². The Kier molecular flexibility index (Phi) is 6.02. The normalized spacial score (nSPS) is 16.2. The van der Waals surface area contributed by atoms with E-state index in [0.29, 0.717) is 18.7 Å². The molecule has 25 heavy (non-hydrogen) atoms. The standard InChI is InChI=1S/C20H22N2O3/c21-13-16-1-3-17(4-2-16)18-5-7-20(8-6-18)25-15-19(23)14-22-9-11-24-12-10-22/h1-8,19,23H,9-12,14-15H2/p+1/t19-/m1/s1. The van der Waals surface area contributed by atoms with Crippen molar-refractivity contribution in [2.45, 2.75) is 6.10 Å². The zero-order valence-electron chi connectivity index (χ0n) is 14.1.